The molecule has 0 amide bonds. The molecule has 0 saturated carbocycles. The number of aliphatic hydroxyl groups is 1. The molecule has 0 aromatic carbocycles. The Hall–Kier alpha value is -3.76. The second-order valence-corrected chi connectivity index (χ2v) is 28.1. The fourth-order valence-electron chi connectivity index (χ4n) is 10.2. The number of esters is 4. The van der Waals surface area contributed by atoms with Crippen molar-refractivity contribution in [3.05, 3.63) is 85.1 Å². The first kappa shape index (κ1) is 92.2. The molecular formula is C77H136O17P2. The van der Waals surface area contributed by atoms with Crippen LogP contribution in [0.2, 0.25) is 0 Å². The molecule has 556 valence electrons. The van der Waals surface area contributed by atoms with Crippen LogP contribution in [0.1, 0.15) is 323 Å². The topological polar surface area (TPSA) is 237 Å². The summed E-state index contributed by atoms with van der Waals surface area (Å²) < 4.78 is 68.4. The number of phosphoric acid groups is 2. The minimum atomic E-state index is -4.98. The van der Waals surface area contributed by atoms with E-state index in [4.69, 9.17) is 37.0 Å². The monoisotopic (exact) mass is 1390 g/mol. The molecule has 3 N–H and O–H groups in total. The van der Waals surface area contributed by atoms with Gasteiger partial charge in [0.25, 0.3) is 0 Å². The van der Waals surface area contributed by atoms with E-state index in [0.29, 0.717) is 25.7 Å². The van der Waals surface area contributed by atoms with E-state index in [0.717, 1.165) is 135 Å². The lowest BCUT2D eigenvalue weighted by Crippen LogP contribution is -2.30. The Kier molecular flexibility index (Phi) is 67.0. The summed E-state index contributed by atoms with van der Waals surface area (Å²) in [6.45, 7) is 4.61. The lowest BCUT2D eigenvalue weighted by Gasteiger charge is -2.21. The van der Waals surface area contributed by atoms with Crippen molar-refractivity contribution in [2.45, 2.75) is 341 Å². The van der Waals surface area contributed by atoms with Gasteiger partial charge in [0.15, 0.2) is 12.2 Å². The van der Waals surface area contributed by atoms with E-state index in [9.17, 15) is 43.2 Å². The van der Waals surface area contributed by atoms with Crippen LogP contribution in [-0.2, 0) is 65.4 Å². The van der Waals surface area contributed by atoms with Crippen molar-refractivity contribution < 1.29 is 80.2 Å². The predicted molar refractivity (Wildman–Crippen MR) is 390 cm³/mol. The van der Waals surface area contributed by atoms with Crippen molar-refractivity contribution in [2.24, 2.45) is 0 Å². The third kappa shape index (κ3) is 68.8. The van der Waals surface area contributed by atoms with Crippen LogP contribution in [-0.4, -0.2) is 96.7 Å². The van der Waals surface area contributed by atoms with Crippen LogP contribution < -0.4 is 0 Å². The van der Waals surface area contributed by atoms with Crippen LogP contribution in [0, 0.1) is 0 Å². The molecule has 0 aliphatic rings. The SMILES string of the molecule is CC/C=C\C/C=C\C/C=C\C/C=C\CCCCC(=O)OCC(COP(=O)(O)OCC(O)COP(=O)(O)OCC(COC(=O)CCCCCCCCCCCCCCCCC)OC(=O)CCCCCCCCCCCCC)OC(=O)CCCCCCC/C=C\C/C=C\C/C=C\CC. The van der Waals surface area contributed by atoms with E-state index in [2.05, 4.69) is 113 Å². The number of carbonyl (C=O) groups excluding carboxylic acids is 4. The van der Waals surface area contributed by atoms with Crippen LogP contribution in [0.15, 0.2) is 85.1 Å². The van der Waals surface area contributed by atoms with Crippen molar-refractivity contribution in [2.75, 3.05) is 39.6 Å². The summed E-state index contributed by atoms with van der Waals surface area (Å²) in [5, 5.41) is 10.6. The molecule has 0 spiro atoms. The van der Waals surface area contributed by atoms with Gasteiger partial charge in [-0.3, -0.25) is 37.3 Å². The molecule has 0 heterocycles. The molecule has 0 saturated heterocycles. The van der Waals surface area contributed by atoms with Gasteiger partial charge in [-0.1, -0.05) is 286 Å². The minimum Gasteiger partial charge on any atom is -0.462 e. The lowest BCUT2D eigenvalue weighted by molar-refractivity contribution is -0.161. The number of hydrogen-bond acceptors (Lipinski definition) is 15. The maximum absolute atomic E-state index is 13.1. The predicted octanol–water partition coefficient (Wildman–Crippen LogP) is 21.4. The third-order valence-electron chi connectivity index (χ3n) is 15.9. The fourth-order valence-corrected chi connectivity index (χ4v) is 11.7. The first-order valence-electron chi connectivity index (χ1n) is 37.8. The second kappa shape index (κ2) is 69.7. The average molecular weight is 1400 g/mol. The molecule has 17 nitrogen and oxygen atoms in total. The summed E-state index contributed by atoms with van der Waals surface area (Å²) in [5.74, 6) is -2.22. The summed E-state index contributed by atoms with van der Waals surface area (Å²) in [4.78, 5) is 72.7. The van der Waals surface area contributed by atoms with Crippen molar-refractivity contribution >= 4 is 39.5 Å². The van der Waals surface area contributed by atoms with E-state index >= 15 is 0 Å². The summed E-state index contributed by atoms with van der Waals surface area (Å²) in [5.41, 5.74) is 0. The van der Waals surface area contributed by atoms with E-state index in [1.807, 2.05) is 0 Å². The maximum atomic E-state index is 13.1. The Balaban J connectivity index is 5.35. The smallest absolute Gasteiger partial charge is 0.462 e. The van der Waals surface area contributed by atoms with E-state index < -0.39 is 97.5 Å². The molecule has 5 unspecified atom stereocenters. The third-order valence-corrected chi connectivity index (χ3v) is 17.8. The molecule has 0 fully saturated rings. The van der Waals surface area contributed by atoms with Crippen LogP contribution in [0.3, 0.4) is 0 Å². The van der Waals surface area contributed by atoms with E-state index in [1.165, 1.54) is 109 Å². The number of unbranched alkanes of at least 4 members (excludes halogenated alkanes) is 31. The van der Waals surface area contributed by atoms with Gasteiger partial charge in [0, 0.05) is 25.7 Å². The van der Waals surface area contributed by atoms with Crippen molar-refractivity contribution in [3.8, 4) is 0 Å². The molecule has 96 heavy (non-hydrogen) atoms. The largest absolute Gasteiger partial charge is 0.472 e. The number of rotatable bonds is 71. The van der Waals surface area contributed by atoms with Gasteiger partial charge in [0.05, 0.1) is 26.4 Å². The van der Waals surface area contributed by atoms with Gasteiger partial charge in [-0.25, -0.2) is 9.13 Å². The zero-order valence-corrected chi connectivity index (χ0v) is 62.3. The quantitative estimate of drug-likeness (QED) is 0.0169. The summed E-state index contributed by atoms with van der Waals surface area (Å²) >= 11 is 0. The van der Waals surface area contributed by atoms with Gasteiger partial charge >= 0.3 is 39.5 Å². The highest BCUT2D eigenvalue weighted by Gasteiger charge is 2.30. The van der Waals surface area contributed by atoms with Crippen molar-refractivity contribution in [1.29, 1.82) is 0 Å². The Labute approximate surface area is 583 Å². The molecule has 0 aromatic heterocycles. The normalized spacial score (nSPS) is 14.4. The highest BCUT2D eigenvalue weighted by molar-refractivity contribution is 7.47. The van der Waals surface area contributed by atoms with Gasteiger partial charge in [0.1, 0.15) is 19.3 Å². The van der Waals surface area contributed by atoms with Gasteiger partial charge in [-0.05, 0) is 96.3 Å². The first-order valence-corrected chi connectivity index (χ1v) is 40.8. The highest BCUT2D eigenvalue weighted by Crippen LogP contribution is 2.45. The van der Waals surface area contributed by atoms with E-state index in [-0.39, 0.29) is 25.7 Å². The van der Waals surface area contributed by atoms with Gasteiger partial charge in [-0.2, -0.15) is 0 Å². The molecule has 0 radical (unpaired) electrons. The number of aliphatic hydroxyl groups excluding tert-OH is 1. The molecule has 0 aromatic rings. The number of allylic oxidation sites excluding steroid dienone is 14. The van der Waals surface area contributed by atoms with Crippen molar-refractivity contribution in [3.63, 3.8) is 0 Å². The van der Waals surface area contributed by atoms with Crippen molar-refractivity contribution in [1.82, 2.24) is 0 Å². The fraction of sp³-hybridized carbons (Fsp3) is 0.766. The van der Waals surface area contributed by atoms with Gasteiger partial charge in [0.2, 0.25) is 0 Å². The van der Waals surface area contributed by atoms with E-state index in [1.54, 1.807) is 0 Å². The van der Waals surface area contributed by atoms with Gasteiger partial charge in [-0.15, -0.1) is 0 Å². The maximum Gasteiger partial charge on any atom is 0.472 e. The zero-order chi connectivity index (χ0) is 70.4. The Bertz CT molecular complexity index is 2160. The van der Waals surface area contributed by atoms with Crippen LogP contribution in [0.4, 0.5) is 0 Å². The number of phosphoric ester groups is 2. The minimum absolute atomic E-state index is 0.0671. The number of carbonyl (C=O) groups is 4. The standard InChI is InChI=1S/C77H136O17P2/c1-5-9-13-17-21-25-29-32-35-38-42-45-49-53-57-61-74(79)87-67-72(93-76(81)63-59-55-51-47-41-28-24-20-16-12-8-4)69-91-95(83,84)89-65-71(78)66-90-96(85,86)92-70-73(94-77(82)64-60-56-52-48-44-40-37-34-31-27-23-19-15-11-7-3)68-88-75(80)62-58-54-50-46-43-39-36-33-30-26-22-18-14-10-6-2/h10-11,14-15,22-23,26-27,33-34,36-37,43,46,71-73,78H,5-9,12-13,16-21,24-25,28-32,35,38-42,44-45,47-70H2,1-4H3,(H,83,84)(H,85,86)/b14-10-,15-11-,26-22-,27-23-,36-33-,37-34-,46-43-. The Morgan fingerprint density at radius 2 is 0.542 bits per heavy atom. The second-order valence-electron chi connectivity index (χ2n) is 25.2. The highest BCUT2D eigenvalue weighted by atomic mass is 31.2. The Morgan fingerprint density at radius 1 is 0.302 bits per heavy atom. The summed E-state index contributed by atoms with van der Waals surface area (Å²) in [7, 11) is -9.95. The Morgan fingerprint density at radius 3 is 0.854 bits per heavy atom. The average Bonchev–Trinajstić information content (AvgIpc) is 1.09. The van der Waals surface area contributed by atoms with Gasteiger partial charge < -0.3 is 33.8 Å². The molecule has 0 aliphatic carbocycles. The molecule has 0 rings (SSSR count). The number of hydrogen-bond donors (Lipinski definition) is 3. The number of ether oxygens (including phenoxy) is 4. The summed E-state index contributed by atoms with van der Waals surface area (Å²) in [6, 6.07) is 0. The zero-order valence-electron chi connectivity index (χ0n) is 60.5. The van der Waals surface area contributed by atoms with Crippen LogP contribution >= 0.6 is 15.6 Å². The summed E-state index contributed by atoms with van der Waals surface area (Å²) in [6.07, 6.45) is 70.1. The molecular weight excluding hydrogens is 1260 g/mol. The van der Waals surface area contributed by atoms with Crippen LogP contribution in [0.5, 0.6) is 0 Å². The van der Waals surface area contributed by atoms with Crippen LogP contribution in [0.25, 0.3) is 0 Å². The molecule has 0 aliphatic heterocycles. The molecule has 5 atom stereocenters. The molecule has 0 bridgehead atoms. The first-order chi connectivity index (χ1) is 46.7. The molecule has 19 heteroatoms. The lowest BCUT2D eigenvalue weighted by atomic mass is 10.0.